The van der Waals surface area contributed by atoms with Gasteiger partial charge in [-0.15, -0.1) is 0 Å². The lowest BCUT2D eigenvalue weighted by Gasteiger charge is -2.18. The second-order valence-electron chi connectivity index (χ2n) is 4.77. The van der Waals surface area contributed by atoms with Crippen molar-refractivity contribution in [2.45, 2.75) is 26.4 Å². The van der Waals surface area contributed by atoms with Crippen LogP contribution in [0.2, 0.25) is 5.02 Å². The van der Waals surface area contributed by atoms with Crippen molar-refractivity contribution >= 4 is 28.5 Å². The van der Waals surface area contributed by atoms with Crippen molar-refractivity contribution in [2.24, 2.45) is 0 Å². The van der Waals surface area contributed by atoms with Crippen LogP contribution in [0.1, 0.15) is 31.3 Å². The van der Waals surface area contributed by atoms with E-state index in [2.05, 4.69) is 9.97 Å². The number of fused-ring (bicyclic) bond motifs is 1. The number of esters is 1. The monoisotopic (exact) mass is 252 g/mol. The van der Waals surface area contributed by atoms with E-state index in [1.807, 2.05) is 20.8 Å². The van der Waals surface area contributed by atoms with Gasteiger partial charge in [0.05, 0.1) is 10.5 Å². The number of halogens is 1. The van der Waals surface area contributed by atoms with E-state index in [9.17, 15) is 4.79 Å². The van der Waals surface area contributed by atoms with Crippen molar-refractivity contribution in [3.63, 3.8) is 0 Å². The van der Waals surface area contributed by atoms with E-state index >= 15 is 0 Å². The molecule has 0 aliphatic heterocycles. The SMILES string of the molecule is CC(C)(C)OC(=O)c1cc2cncc(Cl)c2[nH]1. The summed E-state index contributed by atoms with van der Waals surface area (Å²) < 4.78 is 5.26. The number of carbonyl (C=O) groups excluding carboxylic acids is 1. The van der Waals surface area contributed by atoms with E-state index < -0.39 is 11.6 Å². The maximum atomic E-state index is 11.8. The summed E-state index contributed by atoms with van der Waals surface area (Å²) in [5.74, 6) is -0.398. The minimum Gasteiger partial charge on any atom is -0.455 e. The third-order valence-corrected chi connectivity index (χ3v) is 2.39. The molecule has 0 aliphatic carbocycles. The number of hydrogen-bond acceptors (Lipinski definition) is 3. The Balaban J connectivity index is 2.37. The molecule has 0 aromatic carbocycles. The first-order chi connectivity index (χ1) is 7.87. The number of carbonyl (C=O) groups is 1. The molecule has 2 aromatic rings. The first-order valence-electron chi connectivity index (χ1n) is 5.22. The number of aromatic nitrogens is 2. The molecule has 2 aromatic heterocycles. The van der Waals surface area contributed by atoms with Crippen LogP contribution < -0.4 is 0 Å². The van der Waals surface area contributed by atoms with Gasteiger partial charge in [0.15, 0.2) is 0 Å². The highest BCUT2D eigenvalue weighted by Gasteiger charge is 2.19. The molecule has 2 heterocycles. The van der Waals surface area contributed by atoms with Crippen LogP contribution in [-0.2, 0) is 4.74 Å². The molecule has 4 nitrogen and oxygen atoms in total. The summed E-state index contributed by atoms with van der Waals surface area (Å²) in [4.78, 5) is 18.7. The summed E-state index contributed by atoms with van der Waals surface area (Å²) >= 11 is 5.96. The number of nitrogens with one attached hydrogen (secondary N) is 1. The number of hydrogen-bond donors (Lipinski definition) is 1. The Morgan fingerprint density at radius 2 is 2.12 bits per heavy atom. The van der Waals surface area contributed by atoms with Gasteiger partial charge in [-0.2, -0.15) is 0 Å². The summed E-state index contributed by atoms with van der Waals surface area (Å²) in [6.07, 6.45) is 3.17. The van der Waals surface area contributed by atoms with Crippen LogP contribution in [0.5, 0.6) is 0 Å². The molecular weight excluding hydrogens is 240 g/mol. The first kappa shape index (κ1) is 11.9. The molecule has 5 heteroatoms. The third kappa shape index (κ3) is 2.58. The van der Waals surface area contributed by atoms with E-state index in [0.717, 1.165) is 5.39 Å². The quantitative estimate of drug-likeness (QED) is 0.793. The van der Waals surface area contributed by atoms with Gasteiger partial charge in [0, 0.05) is 17.8 Å². The van der Waals surface area contributed by atoms with Crippen molar-refractivity contribution < 1.29 is 9.53 Å². The zero-order valence-corrected chi connectivity index (χ0v) is 10.6. The summed E-state index contributed by atoms with van der Waals surface area (Å²) in [7, 11) is 0. The Bertz CT molecular complexity index is 569. The van der Waals surface area contributed by atoms with Gasteiger partial charge >= 0.3 is 5.97 Å². The maximum Gasteiger partial charge on any atom is 0.355 e. The average Bonchev–Trinajstić information content (AvgIpc) is 2.60. The van der Waals surface area contributed by atoms with E-state index in [-0.39, 0.29) is 0 Å². The molecule has 0 bridgehead atoms. The molecule has 0 unspecified atom stereocenters. The van der Waals surface area contributed by atoms with Gasteiger partial charge in [-0.25, -0.2) is 4.79 Å². The van der Waals surface area contributed by atoms with Gasteiger partial charge in [-0.3, -0.25) is 4.98 Å². The predicted octanol–water partition coefficient (Wildman–Crippen LogP) is 3.17. The fourth-order valence-electron chi connectivity index (χ4n) is 1.46. The van der Waals surface area contributed by atoms with Crippen molar-refractivity contribution in [1.82, 2.24) is 9.97 Å². The third-order valence-electron chi connectivity index (χ3n) is 2.11. The molecule has 0 spiro atoms. The standard InChI is InChI=1S/C12H13ClN2O2/c1-12(2,3)17-11(16)9-4-7-5-14-6-8(13)10(7)15-9/h4-6,15H,1-3H3. The highest BCUT2D eigenvalue weighted by Crippen LogP contribution is 2.23. The van der Waals surface area contributed by atoms with Crippen molar-refractivity contribution in [3.05, 3.63) is 29.2 Å². The van der Waals surface area contributed by atoms with E-state index in [0.29, 0.717) is 16.2 Å². The second kappa shape index (κ2) is 4.04. The summed E-state index contributed by atoms with van der Waals surface area (Å²) in [6.45, 7) is 5.46. The van der Waals surface area contributed by atoms with Gasteiger partial charge in [0.25, 0.3) is 0 Å². The van der Waals surface area contributed by atoms with Gasteiger partial charge < -0.3 is 9.72 Å². The first-order valence-corrected chi connectivity index (χ1v) is 5.60. The fraction of sp³-hybridized carbons (Fsp3) is 0.333. The Kier molecular flexibility index (Phi) is 2.83. The highest BCUT2D eigenvalue weighted by atomic mass is 35.5. The van der Waals surface area contributed by atoms with E-state index in [1.165, 1.54) is 6.20 Å². The molecule has 1 N–H and O–H groups in total. The molecule has 2 rings (SSSR count). The Morgan fingerprint density at radius 1 is 1.41 bits per heavy atom. The van der Waals surface area contributed by atoms with Crippen LogP contribution in [-0.4, -0.2) is 21.5 Å². The van der Waals surface area contributed by atoms with E-state index in [1.54, 1.807) is 12.3 Å². The van der Waals surface area contributed by atoms with Crippen LogP contribution in [0, 0.1) is 0 Å². The van der Waals surface area contributed by atoms with Gasteiger partial charge in [0.1, 0.15) is 11.3 Å². The number of pyridine rings is 1. The zero-order chi connectivity index (χ0) is 12.6. The van der Waals surface area contributed by atoms with Crippen molar-refractivity contribution in [3.8, 4) is 0 Å². The topological polar surface area (TPSA) is 55.0 Å². The van der Waals surface area contributed by atoms with Crippen LogP contribution >= 0.6 is 11.6 Å². The van der Waals surface area contributed by atoms with Crippen LogP contribution in [0.4, 0.5) is 0 Å². The van der Waals surface area contributed by atoms with Gasteiger partial charge in [0.2, 0.25) is 0 Å². The molecule has 0 fully saturated rings. The molecule has 0 atom stereocenters. The van der Waals surface area contributed by atoms with Gasteiger partial charge in [-0.1, -0.05) is 11.6 Å². The highest BCUT2D eigenvalue weighted by molar-refractivity contribution is 6.35. The van der Waals surface area contributed by atoms with Gasteiger partial charge in [-0.05, 0) is 26.8 Å². The zero-order valence-electron chi connectivity index (χ0n) is 9.87. The lowest BCUT2D eigenvalue weighted by molar-refractivity contribution is 0.00639. The maximum absolute atomic E-state index is 11.8. The number of H-pyrrole nitrogens is 1. The molecular formula is C12H13ClN2O2. The molecule has 90 valence electrons. The van der Waals surface area contributed by atoms with Crippen LogP contribution in [0.25, 0.3) is 10.9 Å². The lowest BCUT2D eigenvalue weighted by Crippen LogP contribution is -2.24. The minimum absolute atomic E-state index is 0.379. The van der Waals surface area contributed by atoms with Crippen LogP contribution in [0.15, 0.2) is 18.5 Å². The smallest absolute Gasteiger partial charge is 0.355 e. The molecule has 0 radical (unpaired) electrons. The summed E-state index contributed by atoms with van der Waals surface area (Å²) in [6, 6.07) is 1.68. The summed E-state index contributed by atoms with van der Waals surface area (Å²) in [5.41, 5.74) is 0.559. The Hall–Kier alpha value is -1.55. The average molecular weight is 253 g/mol. The van der Waals surface area contributed by atoms with Crippen LogP contribution in [0.3, 0.4) is 0 Å². The Morgan fingerprint density at radius 3 is 2.71 bits per heavy atom. The number of rotatable bonds is 1. The Labute approximate surface area is 104 Å². The molecule has 0 aliphatic rings. The molecule has 0 amide bonds. The molecule has 0 saturated carbocycles. The van der Waals surface area contributed by atoms with Crippen molar-refractivity contribution in [2.75, 3.05) is 0 Å². The number of nitrogens with zero attached hydrogens (tertiary/aromatic N) is 1. The fourth-order valence-corrected chi connectivity index (χ4v) is 1.67. The minimum atomic E-state index is -0.517. The van der Waals surface area contributed by atoms with E-state index in [4.69, 9.17) is 16.3 Å². The summed E-state index contributed by atoms with van der Waals surface area (Å²) in [5, 5.41) is 1.27. The normalized spacial score (nSPS) is 11.8. The largest absolute Gasteiger partial charge is 0.455 e. The second-order valence-corrected chi connectivity index (χ2v) is 5.18. The lowest BCUT2D eigenvalue weighted by atomic mass is 10.2. The number of aromatic amines is 1. The van der Waals surface area contributed by atoms with Crippen molar-refractivity contribution in [1.29, 1.82) is 0 Å². The molecule has 0 saturated heterocycles. The number of ether oxygens (including phenoxy) is 1. The molecule has 17 heavy (non-hydrogen) atoms. The predicted molar refractivity (Wildman–Crippen MR) is 66.3 cm³/mol.